The minimum absolute atomic E-state index is 0.0434. The lowest BCUT2D eigenvalue weighted by Crippen LogP contribution is -2.36. The molecule has 1 aliphatic heterocycles. The first-order valence-corrected chi connectivity index (χ1v) is 9.11. The van der Waals surface area contributed by atoms with Crippen molar-refractivity contribution < 1.29 is 9.59 Å². The molecule has 1 aromatic carbocycles. The third-order valence-electron chi connectivity index (χ3n) is 4.54. The number of anilines is 1. The van der Waals surface area contributed by atoms with Crippen LogP contribution in [0.4, 0.5) is 5.69 Å². The molecule has 2 amide bonds. The van der Waals surface area contributed by atoms with Crippen molar-refractivity contribution in [1.82, 2.24) is 9.88 Å². The molecule has 1 aromatic heterocycles. The van der Waals surface area contributed by atoms with Gasteiger partial charge in [-0.25, -0.2) is 0 Å². The van der Waals surface area contributed by atoms with Gasteiger partial charge in [0.15, 0.2) is 0 Å². The lowest BCUT2D eigenvalue weighted by molar-refractivity contribution is -0.134. The first-order valence-electron chi connectivity index (χ1n) is 8.35. The van der Waals surface area contributed by atoms with E-state index >= 15 is 0 Å². The van der Waals surface area contributed by atoms with Gasteiger partial charge in [-0.1, -0.05) is 29.3 Å². The van der Waals surface area contributed by atoms with Crippen molar-refractivity contribution >= 4 is 40.7 Å². The van der Waals surface area contributed by atoms with Crippen LogP contribution in [0.5, 0.6) is 0 Å². The van der Waals surface area contributed by atoms with Crippen LogP contribution in [0.2, 0.25) is 10.0 Å². The zero-order chi connectivity index (χ0) is 18.7. The predicted molar refractivity (Wildman–Crippen MR) is 103 cm³/mol. The molecule has 2 aromatic rings. The molecule has 1 saturated heterocycles. The van der Waals surface area contributed by atoms with E-state index < -0.39 is 5.92 Å². The first kappa shape index (κ1) is 18.7. The molecule has 5 nitrogen and oxygen atoms in total. The number of para-hydroxylation sites is 1. The molecule has 1 aliphatic rings. The summed E-state index contributed by atoms with van der Waals surface area (Å²) in [5, 5.41) is 0.815. The summed E-state index contributed by atoms with van der Waals surface area (Å²) in [5.74, 6) is -0.573. The molecule has 0 radical (unpaired) electrons. The molecule has 0 spiro atoms. The highest BCUT2D eigenvalue weighted by atomic mass is 35.5. The summed E-state index contributed by atoms with van der Waals surface area (Å²) in [5.41, 5.74) is 1.60. The zero-order valence-corrected chi connectivity index (χ0v) is 15.9. The number of pyridine rings is 1. The Labute approximate surface area is 162 Å². The number of hydrogen-bond acceptors (Lipinski definition) is 3. The third-order valence-corrected chi connectivity index (χ3v) is 5.15. The van der Waals surface area contributed by atoms with Crippen molar-refractivity contribution in [2.45, 2.75) is 12.8 Å². The van der Waals surface area contributed by atoms with E-state index in [2.05, 4.69) is 4.98 Å². The Kier molecular flexibility index (Phi) is 5.79. The summed E-state index contributed by atoms with van der Waals surface area (Å²) in [7, 11) is 1.76. The number of hydrogen-bond donors (Lipinski definition) is 0. The molecule has 26 heavy (non-hydrogen) atoms. The van der Waals surface area contributed by atoms with Gasteiger partial charge in [-0.05, 0) is 36.2 Å². The SMILES string of the molecule is CN(CCc1ccncc1)C(=O)C1CC(=O)N(c2c(Cl)cccc2Cl)C1. The molecule has 2 heterocycles. The average Bonchev–Trinajstić information content (AvgIpc) is 3.01. The summed E-state index contributed by atoms with van der Waals surface area (Å²) in [6.45, 7) is 0.876. The predicted octanol–water partition coefficient (Wildman–Crippen LogP) is 3.44. The van der Waals surface area contributed by atoms with E-state index in [1.54, 1.807) is 42.5 Å². The van der Waals surface area contributed by atoms with Gasteiger partial charge in [0.1, 0.15) is 0 Å². The van der Waals surface area contributed by atoms with Gasteiger partial charge >= 0.3 is 0 Å². The van der Waals surface area contributed by atoms with Crippen molar-refractivity contribution in [3.8, 4) is 0 Å². The van der Waals surface area contributed by atoms with E-state index in [1.807, 2.05) is 12.1 Å². The van der Waals surface area contributed by atoms with E-state index in [1.165, 1.54) is 4.90 Å². The van der Waals surface area contributed by atoms with Crippen LogP contribution in [0.3, 0.4) is 0 Å². The Morgan fingerprint density at radius 1 is 1.23 bits per heavy atom. The lowest BCUT2D eigenvalue weighted by atomic mass is 10.1. The molecule has 7 heteroatoms. The van der Waals surface area contributed by atoms with Crippen LogP contribution in [0.15, 0.2) is 42.7 Å². The van der Waals surface area contributed by atoms with Gasteiger partial charge in [0, 0.05) is 39.0 Å². The maximum atomic E-state index is 12.7. The molecule has 1 fully saturated rings. The monoisotopic (exact) mass is 391 g/mol. The Morgan fingerprint density at radius 2 is 1.88 bits per heavy atom. The zero-order valence-electron chi connectivity index (χ0n) is 14.4. The normalized spacial score (nSPS) is 16.8. The second-order valence-electron chi connectivity index (χ2n) is 6.34. The van der Waals surface area contributed by atoms with Crippen LogP contribution in [0, 0.1) is 5.92 Å². The van der Waals surface area contributed by atoms with E-state index in [0.29, 0.717) is 28.8 Å². The van der Waals surface area contributed by atoms with Gasteiger partial charge in [0.05, 0.1) is 21.7 Å². The minimum Gasteiger partial charge on any atom is -0.345 e. The van der Waals surface area contributed by atoms with Gasteiger partial charge < -0.3 is 9.80 Å². The highest BCUT2D eigenvalue weighted by Crippen LogP contribution is 2.37. The highest BCUT2D eigenvalue weighted by molar-refractivity contribution is 6.40. The molecule has 3 rings (SSSR count). The Hall–Kier alpha value is -2.11. The van der Waals surface area contributed by atoms with Crippen molar-refractivity contribution in [3.63, 3.8) is 0 Å². The summed E-state index contributed by atoms with van der Waals surface area (Å²) >= 11 is 12.4. The minimum atomic E-state index is -0.391. The molecule has 0 N–H and O–H groups in total. The second kappa shape index (κ2) is 8.06. The molecular weight excluding hydrogens is 373 g/mol. The molecule has 0 aliphatic carbocycles. The van der Waals surface area contributed by atoms with Gasteiger partial charge in [-0.15, -0.1) is 0 Å². The fourth-order valence-corrected chi connectivity index (χ4v) is 3.71. The number of rotatable bonds is 5. The number of carbonyl (C=O) groups excluding carboxylic acids is 2. The summed E-state index contributed by atoms with van der Waals surface area (Å²) < 4.78 is 0. The summed E-state index contributed by atoms with van der Waals surface area (Å²) in [6, 6.07) is 8.96. The topological polar surface area (TPSA) is 53.5 Å². The van der Waals surface area contributed by atoms with E-state index in [9.17, 15) is 9.59 Å². The molecule has 0 saturated carbocycles. The number of nitrogens with zero attached hydrogens (tertiary/aromatic N) is 3. The highest BCUT2D eigenvalue weighted by Gasteiger charge is 2.37. The first-order chi connectivity index (χ1) is 12.5. The fourth-order valence-electron chi connectivity index (χ4n) is 3.10. The molecule has 1 unspecified atom stereocenters. The van der Waals surface area contributed by atoms with Crippen LogP contribution in [-0.2, 0) is 16.0 Å². The summed E-state index contributed by atoms with van der Waals surface area (Å²) in [6.07, 6.45) is 4.38. The molecular formula is C19H19Cl2N3O2. The van der Waals surface area contributed by atoms with Crippen LogP contribution in [0.25, 0.3) is 0 Å². The van der Waals surface area contributed by atoms with E-state index in [-0.39, 0.29) is 18.2 Å². The van der Waals surface area contributed by atoms with E-state index in [4.69, 9.17) is 23.2 Å². The van der Waals surface area contributed by atoms with Crippen LogP contribution >= 0.6 is 23.2 Å². The smallest absolute Gasteiger partial charge is 0.227 e. The number of benzene rings is 1. The number of carbonyl (C=O) groups is 2. The number of likely N-dealkylation sites (N-methyl/N-ethyl adjacent to an activating group) is 1. The number of aromatic nitrogens is 1. The molecule has 136 valence electrons. The third kappa shape index (κ3) is 4.00. The van der Waals surface area contributed by atoms with Crippen molar-refractivity contribution in [2.24, 2.45) is 5.92 Å². The van der Waals surface area contributed by atoms with E-state index in [0.717, 1.165) is 12.0 Å². The Morgan fingerprint density at radius 3 is 2.54 bits per heavy atom. The quantitative estimate of drug-likeness (QED) is 0.784. The summed E-state index contributed by atoms with van der Waals surface area (Å²) in [4.78, 5) is 32.3. The van der Waals surface area contributed by atoms with Gasteiger partial charge in [-0.2, -0.15) is 0 Å². The van der Waals surface area contributed by atoms with Crippen LogP contribution < -0.4 is 4.90 Å². The van der Waals surface area contributed by atoms with Crippen LogP contribution in [-0.4, -0.2) is 41.8 Å². The maximum absolute atomic E-state index is 12.7. The lowest BCUT2D eigenvalue weighted by Gasteiger charge is -2.22. The Bertz CT molecular complexity index is 793. The fraction of sp³-hybridized carbons (Fsp3) is 0.316. The number of amides is 2. The Balaban J connectivity index is 1.65. The van der Waals surface area contributed by atoms with Crippen LogP contribution in [0.1, 0.15) is 12.0 Å². The second-order valence-corrected chi connectivity index (χ2v) is 7.16. The van der Waals surface area contributed by atoms with Gasteiger partial charge in [-0.3, -0.25) is 14.6 Å². The van der Waals surface area contributed by atoms with Crippen molar-refractivity contribution in [2.75, 3.05) is 25.0 Å². The maximum Gasteiger partial charge on any atom is 0.227 e. The van der Waals surface area contributed by atoms with Crippen molar-refractivity contribution in [1.29, 1.82) is 0 Å². The van der Waals surface area contributed by atoms with Gasteiger partial charge in [0.25, 0.3) is 0 Å². The standard InChI is InChI=1S/C19H19Cl2N3O2/c1-23(10-7-13-5-8-22-9-6-13)19(26)14-11-17(25)24(12-14)18-15(20)3-2-4-16(18)21/h2-6,8-9,14H,7,10-12H2,1H3. The van der Waals surface area contributed by atoms with Crippen molar-refractivity contribution in [3.05, 3.63) is 58.3 Å². The molecule has 1 atom stereocenters. The largest absolute Gasteiger partial charge is 0.345 e. The average molecular weight is 392 g/mol. The number of halogens is 2. The van der Waals surface area contributed by atoms with Gasteiger partial charge in [0.2, 0.25) is 11.8 Å². The molecule has 0 bridgehead atoms.